The minimum Gasteiger partial charge on any atom is -0.492 e. The van der Waals surface area contributed by atoms with Crippen LogP contribution in [-0.2, 0) is 4.79 Å². The summed E-state index contributed by atoms with van der Waals surface area (Å²) in [6.07, 6.45) is 3.44. The van der Waals surface area contributed by atoms with Crippen LogP contribution in [0.1, 0.15) is 32.6 Å². The molecule has 0 atom stereocenters. The highest BCUT2D eigenvalue weighted by Gasteiger charge is 2.51. The van der Waals surface area contributed by atoms with Gasteiger partial charge in [-0.1, -0.05) is 28.9 Å². The first-order valence-corrected chi connectivity index (χ1v) is 8.82. The molecule has 1 N–H and O–H groups in total. The van der Waals surface area contributed by atoms with Crippen molar-refractivity contribution in [3.63, 3.8) is 0 Å². The molecule has 1 aliphatic heterocycles. The lowest BCUT2D eigenvalue weighted by Crippen LogP contribution is -2.49. The highest BCUT2D eigenvalue weighted by Crippen LogP contribution is 2.36. The Balaban J connectivity index is 1.58. The standard InChI is InChI=1S/C17H21BrN2O3/c1-12-5-7-17(8-6-12)15(21)20(16(22)19-17)9-10-23-14-4-2-3-13(18)11-14/h2-4,11-12H,5-10H2,1H3,(H,19,22). The third-order valence-corrected chi connectivity index (χ3v) is 5.25. The molecule has 5 nitrogen and oxygen atoms in total. The number of rotatable bonds is 4. The van der Waals surface area contributed by atoms with Gasteiger partial charge in [0.1, 0.15) is 17.9 Å². The fourth-order valence-corrected chi connectivity index (χ4v) is 3.66. The summed E-state index contributed by atoms with van der Waals surface area (Å²) in [7, 11) is 0. The molecule has 2 aliphatic rings. The molecule has 6 heteroatoms. The van der Waals surface area contributed by atoms with Gasteiger partial charge >= 0.3 is 6.03 Å². The van der Waals surface area contributed by atoms with Crippen molar-refractivity contribution in [3.05, 3.63) is 28.7 Å². The van der Waals surface area contributed by atoms with Crippen LogP contribution in [0.2, 0.25) is 0 Å². The molecule has 2 fully saturated rings. The summed E-state index contributed by atoms with van der Waals surface area (Å²) in [5.41, 5.74) is -0.667. The number of ether oxygens (including phenoxy) is 1. The first-order valence-electron chi connectivity index (χ1n) is 8.03. The molecule has 1 aromatic carbocycles. The quantitative estimate of drug-likeness (QED) is 0.814. The minimum atomic E-state index is -0.667. The molecule has 124 valence electrons. The van der Waals surface area contributed by atoms with Gasteiger partial charge in [0.25, 0.3) is 5.91 Å². The molecule has 0 radical (unpaired) electrons. The summed E-state index contributed by atoms with van der Waals surface area (Å²) in [5.74, 6) is 1.25. The molecule has 23 heavy (non-hydrogen) atoms. The second kappa shape index (κ2) is 6.51. The molecule has 0 aromatic heterocycles. The number of hydrogen-bond donors (Lipinski definition) is 1. The van der Waals surface area contributed by atoms with Crippen LogP contribution in [0.4, 0.5) is 4.79 Å². The Kier molecular flexibility index (Phi) is 4.62. The number of amides is 3. The van der Waals surface area contributed by atoms with Crippen molar-refractivity contribution >= 4 is 27.9 Å². The Morgan fingerprint density at radius 2 is 2.09 bits per heavy atom. The monoisotopic (exact) mass is 380 g/mol. The smallest absolute Gasteiger partial charge is 0.325 e. The summed E-state index contributed by atoms with van der Waals surface area (Å²) in [6.45, 7) is 2.76. The van der Waals surface area contributed by atoms with Gasteiger partial charge in [0, 0.05) is 4.47 Å². The van der Waals surface area contributed by atoms with E-state index < -0.39 is 5.54 Å². The van der Waals surface area contributed by atoms with E-state index in [1.54, 1.807) is 0 Å². The Bertz CT molecular complexity index is 612. The van der Waals surface area contributed by atoms with Crippen LogP contribution in [0.5, 0.6) is 5.75 Å². The summed E-state index contributed by atoms with van der Waals surface area (Å²) in [4.78, 5) is 26.1. The van der Waals surface area contributed by atoms with E-state index in [0.717, 1.165) is 30.2 Å². The maximum absolute atomic E-state index is 12.7. The fraction of sp³-hybridized carbons (Fsp3) is 0.529. The molecule has 3 rings (SSSR count). The van der Waals surface area contributed by atoms with Crippen molar-refractivity contribution in [2.45, 2.75) is 38.1 Å². The molecule has 1 aromatic rings. The Labute approximate surface area is 144 Å². The first kappa shape index (κ1) is 16.3. The maximum Gasteiger partial charge on any atom is 0.325 e. The molecule has 1 saturated carbocycles. The van der Waals surface area contributed by atoms with Crippen molar-refractivity contribution in [2.75, 3.05) is 13.2 Å². The highest BCUT2D eigenvalue weighted by atomic mass is 79.9. The van der Waals surface area contributed by atoms with E-state index in [1.807, 2.05) is 24.3 Å². The number of imide groups is 1. The van der Waals surface area contributed by atoms with Gasteiger partial charge in [-0.05, 0) is 49.8 Å². The highest BCUT2D eigenvalue weighted by molar-refractivity contribution is 9.10. The predicted octanol–water partition coefficient (Wildman–Crippen LogP) is 3.33. The van der Waals surface area contributed by atoms with E-state index in [9.17, 15) is 9.59 Å². The van der Waals surface area contributed by atoms with Crippen LogP contribution < -0.4 is 10.1 Å². The fourth-order valence-electron chi connectivity index (χ4n) is 3.28. The minimum absolute atomic E-state index is 0.0905. The van der Waals surface area contributed by atoms with Gasteiger partial charge in [0.2, 0.25) is 0 Å². The molecule has 0 bridgehead atoms. The summed E-state index contributed by atoms with van der Waals surface area (Å²) >= 11 is 3.38. The molecular formula is C17H21BrN2O3. The van der Waals surface area contributed by atoms with Gasteiger partial charge in [-0.15, -0.1) is 0 Å². The van der Waals surface area contributed by atoms with Crippen LogP contribution in [0, 0.1) is 5.92 Å². The third kappa shape index (κ3) is 3.37. The van der Waals surface area contributed by atoms with Crippen molar-refractivity contribution in [3.8, 4) is 5.75 Å². The number of benzene rings is 1. The van der Waals surface area contributed by atoms with Crippen LogP contribution in [0.25, 0.3) is 0 Å². The van der Waals surface area contributed by atoms with Crippen molar-refractivity contribution in [1.82, 2.24) is 10.2 Å². The number of carbonyl (C=O) groups is 2. The number of halogens is 1. The van der Waals surface area contributed by atoms with E-state index in [0.29, 0.717) is 18.3 Å². The largest absolute Gasteiger partial charge is 0.492 e. The average molecular weight is 381 g/mol. The number of nitrogens with zero attached hydrogens (tertiary/aromatic N) is 1. The lowest BCUT2D eigenvalue weighted by atomic mass is 9.77. The zero-order chi connectivity index (χ0) is 16.4. The number of carbonyl (C=O) groups excluding carboxylic acids is 2. The van der Waals surface area contributed by atoms with Gasteiger partial charge in [0.05, 0.1) is 6.54 Å². The molecule has 3 amide bonds. The molecule has 0 unspecified atom stereocenters. The Morgan fingerprint density at radius 1 is 1.35 bits per heavy atom. The lowest BCUT2D eigenvalue weighted by Gasteiger charge is -2.33. The molecule has 1 aliphatic carbocycles. The first-order chi connectivity index (χ1) is 11.0. The zero-order valence-corrected chi connectivity index (χ0v) is 14.8. The lowest BCUT2D eigenvalue weighted by molar-refractivity contribution is -0.132. The second-order valence-corrected chi connectivity index (χ2v) is 7.37. The Hall–Kier alpha value is -1.56. The van der Waals surface area contributed by atoms with Crippen LogP contribution >= 0.6 is 15.9 Å². The van der Waals surface area contributed by atoms with Gasteiger partial charge < -0.3 is 10.1 Å². The van der Waals surface area contributed by atoms with Crippen molar-refractivity contribution in [1.29, 1.82) is 0 Å². The van der Waals surface area contributed by atoms with Crippen LogP contribution in [-0.4, -0.2) is 35.5 Å². The summed E-state index contributed by atoms with van der Waals surface area (Å²) < 4.78 is 6.57. The Morgan fingerprint density at radius 3 is 2.78 bits per heavy atom. The van der Waals surface area contributed by atoms with Crippen molar-refractivity contribution < 1.29 is 14.3 Å². The van der Waals surface area contributed by atoms with E-state index >= 15 is 0 Å². The number of nitrogens with one attached hydrogen (secondary N) is 1. The molecular weight excluding hydrogens is 360 g/mol. The van der Waals surface area contributed by atoms with E-state index in [1.165, 1.54) is 4.90 Å². The maximum atomic E-state index is 12.7. The third-order valence-electron chi connectivity index (χ3n) is 4.75. The van der Waals surface area contributed by atoms with Crippen molar-refractivity contribution in [2.24, 2.45) is 5.92 Å². The van der Waals surface area contributed by atoms with E-state index in [2.05, 4.69) is 28.2 Å². The van der Waals surface area contributed by atoms with Crippen LogP contribution in [0.15, 0.2) is 28.7 Å². The van der Waals surface area contributed by atoms with Crippen LogP contribution in [0.3, 0.4) is 0 Å². The van der Waals surface area contributed by atoms with Gasteiger partial charge in [0.15, 0.2) is 0 Å². The number of urea groups is 1. The normalized spacial score (nSPS) is 27.4. The average Bonchev–Trinajstić information content (AvgIpc) is 2.75. The van der Waals surface area contributed by atoms with Gasteiger partial charge in [-0.3, -0.25) is 9.69 Å². The topological polar surface area (TPSA) is 58.6 Å². The van der Waals surface area contributed by atoms with E-state index in [4.69, 9.17) is 4.74 Å². The zero-order valence-electron chi connectivity index (χ0n) is 13.2. The summed E-state index contributed by atoms with van der Waals surface area (Å²) in [5, 5.41) is 2.92. The molecule has 1 spiro atoms. The van der Waals surface area contributed by atoms with Gasteiger partial charge in [-0.25, -0.2) is 4.79 Å². The van der Waals surface area contributed by atoms with Gasteiger partial charge in [-0.2, -0.15) is 0 Å². The predicted molar refractivity (Wildman–Crippen MR) is 90.2 cm³/mol. The molecule has 1 heterocycles. The second-order valence-electron chi connectivity index (χ2n) is 6.46. The SMILES string of the molecule is CC1CCC2(CC1)NC(=O)N(CCOc1cccc(Br)c1)C2=O. The summed E-state index contributed by atoms with van der Waals surface area (Å²) in [6, 6.07) is 7.21. The van der Waals surface area contributed by atoms with E-state index in [-0.39, 0.29) is 18.5 Å². The number of hydrogen-bond acceptors (Lipinski definition) is 3. The molecule has 1 saturated heterocycles.